The van der Waals surface area contributed by atoms with Crippen LogP contribution in [0.4, 0.5) is 0 Å². The van der Waals surface area contributed by atoms with Crippen LogP contribution in [-0.2, 0) is 14.3 Å². The van der Waals surface area contributed by atoms with E-state index in [1.165, 1.54) is 25.7 Å². The van der Waals surface area contributed by atoms with Gasteiger partial charge in [-0.05, 0) is 90.8 Å². The Morgan fingerprint density at radius 1 is 1.00 bits per heavy atom. The summed E-state index contributed by atoms with van der Waals surface area (Å²) in [5.41, 5.74) is -0.0374. The van der Waals surface area contributed by atoms with Gasteiger partial charge in [0.05, 0.1) is 36.9 Å². The molecule has 0 amide bonds. The molecule has 2 aliphatic heterocycles. The molecule has 0 aromatic rings. The second-order valence-corrected chi connectivity index (χ2v) is 13.6. The van der Waals surface area contributed by atoms with Crippen LogP contribution in [0, 0.1) is 58.2 Å². The Balaban J connectivity index is 1.36. The number of fused-ring (bicyclic) bond motifs is 5. The molecule has 5 heteroatoms. The lowest BCUT2D eigenvalue weighted by Crippen LogP contribution is -2.54. The summed E-state index contributed by atoms with van der Waals surface area (Å²) < 4.78 is 12.3. The predicted octanol–water partition coefficient (Wildman–Crippen LogP) is 4.83. The molecule has 5 rings (SSSR count). The summed E-state index contributed by atoms with van der Waals surface area (Å²) in [6, 6.07) is 0. The van der Waals surface area contributed by atoms with Crippen LogP contribution in [0.1, 0.15) is 86.5 Å². The molecule has 3 aliphatic carbocycles. The number of hydrogen-bond donors (Lipinski definition) is 2. The van der Waals surface area contributed by atoms with Crippen molar-refractivity contribution < 1.29 is 24.5 Å². The minimum absolute atomic E-state index is 0.152. The minimum Gasteiger partial charge on any atom is -0.465 e. The number of esters is 1. The highest BCUT2D eigenvalue weighted by atomic mass is 16.6. The van der Waals surface area contributed by atoms with E-state index in [0.29, 0.717) is 73.1 Å². The third kappa shape index (κ3) is 3.70. The van der Waals surface area contributed by atoms with Gasteiger partial charge in [0, 0.05) is 0 Å². The fraction of sp³-hybridized carbons (Fsp3) is 0.966. The van der Waals surface area contributed by atoms with E-state index in [4.69, 9.17) is 9.47 Å². The topological polar surface area (TPSA) is 79.3 Å². The molecule has 0 spiro atoms. The van der Waals surface area contributed by atoms with Gasteiger partial charge in [-0.15, -0.1) is 0 Å². The van der Waals surface area contributed by atoms with Crippen LogP contribution >= 0.6 is 0 Å². The minimum atomic E-state index is -0.822. The fourth-order valence-corrected chi connectivity index (χ4v) is 9.91. The van der Waals surface area contributed by atoms with Crippen LogP contribution in [0.2, 0.25) is 0 Å². The highest BCUT2D eigenvalue weighted by molar-refractivity contribution is 5.74. The highest BCUT2D eigenvalue weighted by Crippen LogP contribution is 2.66. The van der Waals surface area contributed by atoms with Gasteiger partial charge < -0.3 is 19.7 Å². The lowest BCUT2D eigenvalue weighted by atomic mass is 9.48. The molecule has 13 atom stereocenters. The van der Waals surface area contributed by atoms with Crippen LogP contribution in [0.25, 0.3) is 0 Å². The zero-order valence-corrected chi connectivity index (χ0v) is 22.2. The molecule has 34 heavy (non-hydrogen) atoms. The van der Waals surface area contributed by atoms with Gasteiger partial charge in [-0.2, -0.15) is 0 Å². The molecular formula is C29H48O5. The molecule has 5 fully saturated rings. The van der Waals surface area contributed by atoms with E-state index in [0.717, 1.165) is 6.42 Å². The molecule has 194 valence electrons. The zero-order chi connectivity index (χ0) is 24.6. The molecule has 0 bridgehead atoms. The van der Waals surface area contributed by atoms with Gasteiger partial charge in [0.25, 0.3) is 0 Å². The fourth-order valence-electron chi connectivity index (χ4n) is 9.91. The molecule has 2 N–H and O–H groups in total. The first-order valence-corrected chi connectivity index (χ1v) is 14.2. The molecule has 7 unspecified atom stereocenters. The number of aliphatic hydroxyl groups is 2. The lowest BCUT2D eigenvalue weighted by molar-refractivity contribution is -0.162. The second kappa shape index (κ2) is 8.73. The normalized spacial score (nSPS) is 52.1. The smallest absolute Gasteiger partial charge is 0.309 e. The Morgan fingerprint density at radius 2 is 1.71 bits per heavy atom. The van der Waals surface area contributed by atoms with Crippen LogP contribution in [0.15, 0.2) is 0 Å². The van der Waals surface area contributed by atoms with Crippen LogP contribution in [0.3, 0.4) is 0 Å². The first kappa shape index (κ1) is 25.0. The summed E-state index contributed by atoms with van der Waals surface area (Å²) in [4.78, 5) is 13.0. The number of ether oxygens (including phenoxy) is 2. The molecule has 2 saturated heterocycles. The maximum Gasteiger partial charge on any atom is 0.309 e. The monoisotopic (exact) mass is 476 g/mol. The molecule has 0 radical (unpaired) electrons. The third-order valence-electron chi connectivity index (χ3n) is 11.9. The number of hydrogen-bond acceptors (Lipinski definition) is 5. The second-order valence-electron chi connectivity index (χ2n) is 13.6. The van der Waals surface area contributed by atoms with Gasteiger partial charge >= 0.3 is 5.97 Å². The molecular weight excluding hydrogens is 428 g/mol. The van der Waals surface area contributed by atoms with E-state index < -0.39 is 12.2 Å². The van der Waals surface area contributed by atoms with E-state index in [-0.39, 0.29) is 22.7 Å². The van der Waals surface area contributed by atoms with Gasteiger partial charge in [-0.25, -0.2) is 0 Å². The van der Waals surface area contributed by atoms with Crippen molar-refractivity contribution in [1.82, 2.24) is 0 Å². The summed E-state index contributed by atoms with van der Waals surface area (Å²) in [5.74, 6) is 3.35. The highest BCUT2D eigenvalue weighted by Gasteiger charge is 2.64. The van der Waals surface area contributed by atoms with E-state index in [1.807, 2.05) is 0 Å². The van der Waals surface area contributed by atoms with Crippen molar-refractivity contribution in [1.29, 1.82) is 0 Å². The van der Waals surface area contributed by atoms with Crippen molar-refractivity contribution in [2.24, 2.45) is 58.2 Å². The van der Waals surface area contributed by atoms with Gasteiger partial charge in [0.15, 0.2) is 0 Å². The number of aliphatic hydroxyl groups excluding tert-OH is 2. The van der Waals surface area contributed by atoms with Crippen LogP contribution < -0.4 is 0 Å². The number of carbonyl (C=O) groups excluding carboxylic acids is 1. The SMILES string of the molecule is CC[C@@H](C(C)C)C1OC1[C@@H](C)C1CCC2C3COC(=O)C4C[C@H](O)[C@H](O)C[C@]4(C)C3CC[C@@]21C. The number of cyclic esters (lactones) is 1. The van der Waals surface area contributed by atoms with Crippen LogP contribution in [0.5, 0.6) is 0 Å². The van der Waals surface area contributed by atoms with E-state index in [2.05, 4.69) is 41.5 Å². The van der Waals surface area contributed by atoms with Gasteiger partial charge in [0.2, 0.25) is 0 Å². The Morgan fingerprint density at radius 3 is 2.38 bits per heavy atom. The Bertz CT molecular complexity index is 782. The molecule has 2 heterocycles. The lowest BCUT2D eigenvalue weighted by Gasteiger charge is -2.55. The largest absolute Gasteiger partial charge is 0.465 e. The van der Waals surface area contributed by atoms with Crippen LogP contribution in [-0.4, -0.2) is 47.2 Å². The van der Waals surface area contributed by atoms with Gasteiger partial charge in [-0.1, -0.05) is 48.0 Å². The molecule has 5 aliphatic rings. The number of epoxide rings is 1. The predicted molar refractivity (Wildman–Crippen MR) is 131 cm³/mol. The summed E-state index contributed by atoms with van der Waals surface area (Å²) in [6.07, 6.45) is 5.99. The Hall–Kier alpha value is -0.650. The van der Waals surface area contributed by atoms with Gasteiger partial charge in [-0.3, -0.25) is 4.79 Å². The molecule has 0 aromatic carbocycles. The van der Waals surface area contributed by atoms with Crippen molar-refractivity contribution in [3.63, 3.8) is 0 Å². The van der Waals surface area contributed by atoms with Gasteiger partial charge in [0.1, 0.15) is 0 Å². The van der Waals surface area contributed by atoms with Crippen molar-refractivity contribution in [3.8, 4) is 0 Å². The standard InChI is InChI=1S/C29H48O5/c1-7-17(15(2)3)26-25(34-26)16(4)19-8-9-20-18-14-33-27(32)22-12-23(30)24(31)13-29(22,6)21(18)10-11-28(19,20)5/h15-26,30-31H,7-14H2,1-6H3/t16-,17-,18?,19?,20?,21?,22?,23-,24+,25?,26?,28+,29+/m0/s1. The maximum atomic E-state index is 13.0. The summed E-state index contributed by atoms with van der Waals surface area (Å²) >= 11 is 0. The van der Waals surface area contributed by atoms with E-state index in [1.54, 1.807) is 0 Å². The summed E-state index contributed by atoms with van der Waals surface area (Å²) in [7, 11) is 0. The molecule has 0 aromatic heterocycles. The summed E-state index contributed by atoms with van der Waals surface area (Å²) in [5, 5.41) is 20.9. The Kier molecular flexibility index (Phi) is 6.42. The first-order chi connectivity index (χ1) is 16.0. The van der Waals surface area contributed by atoms with E-state index in [9.17, 15) is 15.0 Å². The van der Waals surface area contributed by atoms with Crippen molar-refractivity contribution in [3.05, 3.63) is 0 Å². The maximum absolute atomic E-state index is 13.0. The van der Waals surface area contributed by atoms with Crippen molar-refractivity contribution in [2.75, 3.05) is 6.61 Å². The Labute approximate surface area is 206 Å². The number of rotatable bonds is 5. The quantitative estimate of drug-likeness (QED) is 0.439. The first-order valence-electron chi connectivity index (χ1n) is 14.2. The van der Waals surface area contributed by atoms with Crippen molar-refractivity contribution in [2.45, 2.75) is 111 Å². The molecule has 3 saturated carbocycles. The number of carbonyl (C=O) groups is 1. The zero-order valence-electron chi connectivity index (χ0n) is 22.2. The molecule has 5 nitrogen and oxygen atoms in total. The van der Waals surface area contributed by atoms with Crippen molar-refractivity contribution >= 4 is 5.97 Å². The summed E-state index contributed by atoms with van der Waals surface area (Å²) in [6.45, 7) is 14.6. The third-order valence-corrected chi connectivity index (χ3v) is 11.9. The van der Waals surface area contributed by atoms with E-state index >= 15 is 0 Å². The average Bonchev–Trinajstić information content (AvgIpc) is 3.48. The average molecular weight is 477 g/mol.